The Bertz CT molecular complexity index is 575. The third kappa shape index (κ3) is 4.24. The van der Waals surface area contributed by atoms with Crippen LogP contribution in [-0.4, -0.2) is 38.1 Å². The van der Waals surface area contributed by atoms with Gasteiger partial charge in [-0.15, -0.1) is 0 Å². The van der Waals surface area contributed by atoms with E-state index in [1.807, 2.05) is 19.2 Å². The van der Waals surface area contributed by atoms with Crippen molar-refractivity contribution in [1.29, 1.82) is 0 Å². The van der Waals surface area contributed by atoms with E-state index in [2.05, 4.69) is 31.9 Å². The lowest BCUT2D eigenvalue weighted by Gasteiger charge is -2.49. The Balaban J connectivity index is 2.37. The molecule has 1 aromatic rings. The number of rotatable bonds is 8. The van der Waals surface area contributed by atoms with E-state index in [0.29, 0.717) is 17.4 Å². The molecule has 140 valence electrons. The number of ether oxygens (including phenoxy) is 1. The number of hydrogen-bond acceptors (Lipinski definition) is 3. The van der Waals surface area contributed by atoms with Crippen LogP contribution in [0.15, 0.2) is 24.3 Å². The number of hydrogen-bond donors (Lipinski definition) is 1. The maximum atomic E-state index is 11.7. The van der Waals surface area contributed by atoms with Gasteiger partial charge in [-0.25, -0.2) is 0 Å². The number of nitrogens with two attached hydrogens (primary N) is 1. The van der Waals surface area contributed by atoms with Crippen molar-refractivity contribution in [2.45, 2.75) is 51.6 Å². The smallest absolute Gasteiger partial charge is 0.248 e. The quantitative estimate of drug-likeness (QED) is 0.779. The molecule has 2 rings (SSSR count). The molecule has 0 spiro atoms. The van der Waals surface area contributed by atoms with Crippen molar-refractivity contribution in [2.24, 2.45) is 17.6 Å². The second-order valence-corrected chi connectivity index (χ2v) is 7.59. The molecule has 1 fully saturated rings. The largest absolute Gasteiger partial charge is 0.373 e. The number of amides is 1. The average molecular weight is 347 g/mol. The third-order valence-electron chi connectivity index (χ3n) is 5.89. The van der Waals surface area contributed by atoms with Gasteiger partial charge in [0.15, 0.2) is 0 Å². The molecular weight excluding hydrogens is 312 g/mol. The predicted molar refractivity (Wildman–Crippen MR) is 103 cm³/mol. The summed E-state index contributed by atoms with van der Waals surface area (Å²) in [4.78, 5) is 14.1. The van der Waals surface area contributed by atoms with E-state index < -0.39 is 0 Å². The van der Waals surface area contributed by atoms with E-state index in [1.165, 1.54) is 19.3 Å². The van der Waals surface area contributed by atoms with E-state index >= 15 is 0 Å². The molecule has 4 heteroatoms. The highest BCUT2D eigenvalue weighted by atomic mass is 16.5. The average Bonchev–Trinajstić information content (AvgIpc) is 2.60. The van der Waals surface area contributed by atoms with Crippen LogP contribution < -0.4 is 5.73 Å². The maximum Gasteiger partial charge on any atom is 0.248 e. The van der Waals surface area contributed by atoms with Gasteiger partial charge in [0, 0.05) is 25.1 Å². The van der Waals surface area contributed by atoms with Crippen LogP contribution in [0.4, 0.5) is 0 Å². The first-order chi connectivity index (χ1) is 12.0. The summed E-state index contributed by atoms with van der Waals surface area (Å²) in [5, 5.41) is 0. The van der Waals surface area contributed by atoms with Crippen LogP contribution in [0.5, 0.6) is 0 Å². The lowest BCUT2D eigenvalue weighted by atomic mass is 9.65. The van der Waals surface area contributed by atoms with Gasteiger partial charge in [-0.2, -0.15) is 0 Å². The van der Waals surface area contributed by atoms with Crippen LogP contribution in [0.25, 0.3) is 0 Å². The zero-order valence-corrected chi connectivity index (χ0v) is 16.3. The first-order valence-electron chi connectivity index (χ1n) is 9.59. The Morgan fingerprint density at radius 2 is 2.16 bits per heavy atom. The van der Waals surface area contributed by atoms with Crippen molar-refractivity contribution < 1.29 is 9.53 Å². The Hall–Kier alpha value is -1.39. The third-order valence-corrected chi connectivity index (χ3v) is 5.89. The van der Waals surface area contributed by atoms with Crippen LogP contribution in [-0.2, 0) is 10.3 Å². The Morgan fingerprint density at radius 3 is 2.80 bits per heavy atom. The molecular formula is C21H34N2O2. The summed E-state index contributed by atoms with van der Waals surface area (Å²) in [6.07, 6.45) is 5.95. The van der Waals surface area contributed by atoms with Crippen LogP contribution in [0.2, 0.25) is 0 Å². The summed E-state index contributed by atoms with van der Waals surface area (Å²) >= 11 is 0. The molecule has 0 aromatic heterocycles. The first kappa shape index (κ1) is 19.9. The number of methoxy groups -OCH3 is 1. The molecule has 4 nitrogen and oxygen atoms in total. The minimum Gasteiger partial charge on any atom is -0.373 e. The van der Waals surface area contributed by atoms with Crippen molar-refractivity contribution in [3.63, 3.8) is 0 Å². The monoisotopic (exact) mass is 346 g/mol. The van der Waals surface area contributed by atoms with Gasteiger partial charge in [0.25, 0.3) is 0 Å². The second kappa shape index (κ2) is 8.81. The molecule has 1 saturated carbocycles. The predicted octanol–water partition coefficient (Wildman–Crippen LogP) is 3.80. The van der Waals surface area contributed by atoms with E-state index in [0.717, 1.165) is 31.5 Å². The van der Waals surface area contributed by atoms with Gasteiger partial charge in [-0.1, -0.05) is 38.8 Å². The first-order valence-corrected chi connectivity index (χ1v) is 9.59. The van der Waals surface area contributed by atoms with Gasteiger partial charge in [0.1, 0.15) is 0 Å². The zero-order valence-electron chi connectivity index (χ0n) is 16.3. The molecule has 3 unspecified atom stereocenters. The van der Waals surface area contributed by atoms with Crippen molar-refractivity contribution in [3.8, 4) is 0 Å². The molecule has 3 atom stereocenters. The fourth-order valence-corrected chi connectivity index (χ4v) is 4.55. The highest BCUT2D eigenvalue weighted by Gasteiger charge is 2.47. The molecule has 1 aliphatic rings. The summed E-state index contributed by atoms with van der Waals surface area (Å²) in [6, 6.07) is 7.74. The molecule has 0 heterocycles. The fraction of sp³-hybridized carbons (Fsp3) is 0.667. The van der Waals surface area contributed by atoms with E-state index in [1.54, 1.807) is 6.07 Å². The molecule has 1 aliphatic carbocycles. The van der Waals surface area contributed by atoms with Gasteiger partial charge in [-0.05, 0) is 56.5 Å². The minimum atomic E-state index is -0.381. The molecule has 0 saturated heterocycles. The molecule has 1 aromatic carbocycles. The number of carbonyl (C=O) groups excluding carboxylic acids is 1. The van der Waals surface area contributed by atoms with E-state index in [4.69, 9.17) is 10.5 Å². The topological polar surface area (TPSA) is 55.6 Å². The van der Waals surface area contributed by atoms with Crippen molar-refractivity contribution in [3.05, 3.63) is 35.4 Å². The van der Waals surface area contributed by atoms with Gasteiger partial charge in [0.2, 0.25) is 5.91 Å². The number of primary amides is 1. The number of nitrogens with zero attached hydrogens (tertiary/aromatic N) is 1. The Kier molecular flexibility index (Phi) is 7.03. The number of benzene rings is 1. The Morgan fingerprint density at radius 1 is 1.40 bits per heavy atom. The highest BCUT2D eigenvalue weighted by molar-refractivity contribution is 5.92. The zero-order chi connectivity index (χ0) is 18.4. The van der Waals surface area contributed by atoms with Crippen LogP contribution in [0.1, 0.15) is 61.9 Å². The summed E-state index contributed by atoms with van der Waals surface area (Å²) in [6.45, 7) is 6.63. The molecule has 25 heavy (non-hydrogen) atoms. The van der Waals surface area contributed by atoms with Gasteiger partial charge in [0.05, 0.1) is 5.60 Å². The summed E-state index contributed by atoms with van der Waals surface area (Å²) in [7, 11) is 4.02. The SMILES string of the molecule is CCCCN(C)CC1CCCC(C)C1(OC)c1cccc(C(N)=O)c1. The van der Waals surface area contributed by atoms with Crippen molar-refractivity contribution >= 4 is 5.91 Å². The van der Waals surface area contributed by atoms with Crippen molar-refractivity contribution in [2.75, 3.05) is 27.2 Å². The molecule has 0 radical (unpaired) electrons. The highest BCUT2D eigenvalue weighted by Crippen LogP contribution is 2.48. The summed E-state index contributed by atoms with van der Waals surface area (Å²) in [5.74, 6) is 0.429. The second-order valence-electron chi connectivity index (χ2n) is 7.59. The standard InChI is InChI=1S/C21H34N2O2/c1-5-6-13-23(3)15-19-12-7-9-16(2)21(19,25-4)18-11-8-10-17(14-18)20(22)24/h8,10-11,14,16,19H,5-7,9,12-13,15H2,1-4H3,(H2,22,24). The van der Waals surface area contributed by atoms with Crippen LogP contribution >= 0.6 is 0 Å². The normalized spacial score (nSPS) is 26.8. The summed E-state index contributed by atoms with van der Waals surface area (Å²) < 4.78 is 6.25. The lowest BCUT2D eigenvalue weighted by Crippen LogP contribution is -2.50. The Labute approximate surface area is 152 Å². The van der Waals surface area contributed by atoms with Gasteiger partial charge < -0.3 is 15.4 Å². The van der Waals surface area contributed by atoms with Gasteiger partial charge in [-0.3, -0.25) is 4.79 Å². The van der Waals surface area contributed by atoms with Crippen molar-refractivity contribution in [1.82, 2.24) is 4.90 Å². The maximum absolute atomic E-state index is 11.7. The van der Waals surface area contributed by atoms with E-state index in [9.17, 15) is 4.79 Å². The van der Waals surface area contributed by atoms with Gasteiger partial charge >= 0.3 is 0 Å². The fourth-order valence-electron chi connectivity index (χ4n) is 4.55. The lowest BCUT2D eigenvalue weighted by molar-refractivity contribution is -0.131. The van der Waals surface area contributed by atoms with Crippen LogP contribution in [0, 0.1) is 11.8 Å². The van der Waals surface area contributed by atoms with E-state index in [-0.39, 0.29) is 11.5 Å². The number of unbranched alkanes of at least 4 members (excludes halogenated alkanes) is 1. The summed E-state index contributed by atoms with van der Waals surface area (Å²) in [5.41, 5.74) is 6.81. The number of carbonyl (C=O) groups is 1. The molecule has 0 aliphatic heterocycles. The minimum absolute atomic E-state index is 0.357. The van der Waals surface area contributed by atoms with Crippen LogP contribution in [0.3, 0.4) is 0 Å². The molecule has 0 bridgehead atoms. The molecule has 2 N–H and O–H groups in total. The molecule has 1 amide bonds.